The minimum atomic E-state index is -5.27. The van der Waals surface area contributed by atoms with Crippen LogP contribution in [0.15, 0.2) is 36.4 Å². The largest absolute Gasteiger partial charge is 0.433 e. The predicted molar refractivity (Wildman–Crippen MR) is 64.7 cm³/mol. The molecule has 2 rings (SSSR count). The van der Waals surface area contributed by atoms with Gasteiger partial charge in [-0.25, -0.2) is 4.98 Å². The van der Waals surface area contributed by atoms with Gasteiger partial charge in [0.1, 0.15) is 5.69 Å². The van der Waals surface area contributed by atoms with E-state index in [9.17, 15) is 39.5 Å². The predicted octanol–water partition coefficient (Wildman–Crippen LogP) is 5.81. The highest BCUT2D eigenvalue weighted by Crippen LogP contribution is 2.40. The lowest BCUT2D eigenvalue weighted by Crippen LogP contribution is -2.16. The van der Waals surface area contributed by atoms with Gasteiger partial charge in [0.2, 0.25) is 0 Å². The molecule has 0 atom stereocenters. The highest BCUT2D eigenvalue weighted by molar-refractivity contribution is 5.67. The number of halogens is 9. The number of hydrogen-bond acceptors (Lipinski definition) is 1. The Balaban J connectivity index is 2.67. The molecule has 0 saturated carbocycles. The fraction of sp³-hybridized carbons (Fsp3) is 0.214. The quantitative estimate of drug-likeness (QED) is 0.586. The topological polar surface area (TPSA) is 12.9 Å². The zero-order valence-corrected chi connectivity index (χ0v) is 11.3. The molecule has 10 heteroatoms. The van der Waals surface area contributed by atoms with E-state index in [0.717, 1.165) is 12.1 Å². The lowest BCUT2D eigenvalue weighted by atomic mass is 10.0. The zero-order valence-electron chi connectivity index (χ0n) is 11.3. The van der Waals surface area contributed by atoms with Crippen molar-refractivity contribution in [3.8, 4) is 11.1 Å². The Bertz CT molecular complexity index is 741. The number of rotatable bonds is 1. The van der Waals surface area contributed by atoms with Crippen LogP contribution < -0.4 is 0 Å². The standard InChI is InChI=1S/C14H6F9N/c15-12(16,17)8-3-1-2-7(6-8)9-4-5-10(13(18,19)20)24-11(9)14(21,22)23/h1-6H. The second kappa shape index (κ2) is 5.67. The zero-order chi connectivity index (χ0) is 18.3. The molecular formula is C14H6F9N. The van der Waals surface area contributed by atoms with Crippen molar-refractivity contribution < 1.29 is 39.5 Å². The van der Waals surface area contributed by atoms with Gasteiger partial charge in [0.25, 0.3) is 0 Å². The van der Waals surface area contributed by atoms with E-state index >= 15 is 0 Å². The highest BCUT2D eigenvalue weighted by Gasteiger charge is 2.40. The van der Waals surface area contributed by atoms with Crippen molar-refractivity contribution in [2.45, 2.75) is 18.5 Å². The summed E-state index contributed by atoms with van der Waals surface area (Å²) in [6.45, 7) is 0. The van der Waals surface area contributed by atoms with Gasteiger partial charge < -0.3 is 0 Å². The van der Waals surface area contributed by atoms with Crippen LogP contribution >= 0.6 is 0 Å². The molecule has 2 aromatic rings. The van der Waals surface area contributed by atoms with Crippen LogP contribution in [0.5, 0.6) is 0 Å². The van der Waals surface area contributed by atoms with E-state index in [1.807, 2.05) is 0 Å². The van der Waals surface area contributed by atoms with E-state index in [1.54, 1.807) is 0 Å². The van der Waals surface area contributed by atoms with Gasteiger partial charge in [0.05, 0.1) is 5.56 Å². The molecule has 0 radical (unpaired) electrons. The average molecular weight is 359 g/mol. The third-order valence-corrected chi connectivity index (χ3v) is 2.96. The van der Waals surface area contributed by atoms with Crippen LogP contribution in [-0.2, 0) is 18.5 Å². The molecule has 0 bridgehead atoms. The summed E-state index contributed by atoms with van der Waals surface area (Å²) in [7, 11) is 0. The smallest absolute Gasteiger partial charge is 0.238 e. The minimum Gasteiger partial charge on any atom is -0.238 e. The van der Waals surface area contributed by atoms with Gasteiger partial charge in [0.15, 0.2) is 5.69 Å². The van der Waals surface area contributed by atoms with Crippen LogP contribution in [0.3, 0.4) is 0 Å². The average Bonchev–Trinajstić information content (AvgIpc) is 2.44. The number of pyridine rings is 1. The molecule has 1 aromatic carbocycles. The van der Waals surface area contributed by atoms with Crippen LogP contribution in [0.4, 0.5) is 39.5 Å². The lowest BCUT2D eigenvalue weighted by Gasteiger charge is -2.16. The summed E-state index contributed by atoms with van der Waals surface area (Å²) < 4.78 is 115. The first-order valence-corrected chi connectivity index (χ1v) is 6.13. The van der Waals surface area contributed by atoms with Crippen LogP contribution in [0.2, 0.25) is 0 Å². The monoisotopic (exact) mass is 359 g/mol. The summed E-state index contributed by atoms with van der Waals surface area (Å²) in [5, 5.41) is 0. The first-order chi connectivity index (χ1) is 10.8. The van der Waals surface area contributed by atoms with Gasteiger partial charge in [-0.15, -0.1) is 0 Å². The second-order valence-electron chi connectivity index (χ2n) is 4.67. The Morgan fingerprint density at radius 1 is 0.667 bits per heavy atom. The molecule has 0 aliphatic heterocycles. The summed E-state index contributed by atoms with van der Waals surface area (Å²) in [6.07, 6.45) is -15.2. The van der Waals surface area contributed by atoms with Crippen molar-refractivity contribution in [3.63, 3.8) is 0 Å². The number of aromatic nitrogens is 1. The van der Waals surface area contributed by atoms with E-state index in [-0.39, 0.29) is 6.07 Å². The Hall–Kier alpha value is -2.26. The molecular weight excluding hydrogens is 353 g/mol. The molecule has 1 nitrogen and oxygen atoms in total. The molecule has 1 aromatic heterocycles. The molecule has 0 saturated heterocycles. The summed E-state index contributed by atoms with van der Waals surface area (Å²) >= 11 is 0. The first-order valence-electron chi connectivity index (χ1n) is 6.13. The van der Waals surface area contributed by atoms with Gasteiger partial charge >= 0.3 is 18.5 Å². The summed E-state index contributed by atoms with van der Waals surface area (Å²) in [5.74, 6) is 0. The number of hydrogen-bond donors (Lipinski definition) is 0. The molecule has 0 aliphatic carbocycles. The SMILES string of the molecule is FC(F)(F)c1cccc(-c2ccc(C(F)(F)F)nc2C(F)(F)F)c1. The van der Waals surface area contributed by atoms with Gasteiger partial charge in [-0.2, -0.15) is 39.5 Å². The molecule has 1 heterocycles. The number of alkyl halides is 9. The summed E-state index contributed by atoms with van der Waals surface area (Å²) in [5.41, 5.74) is -6.34. The van der Waals surface area contributed by atoms with Crippen molar-refractivity contribution >= 4 is 0 Å². The maximum Gasteiger partial charge on any atom is 0.433 e. The van der Waals surface area contributed by atoms with Gasteiger partial charge in [0, 0.05) is 5.56 Å². The molecule has 0 unspecified atom stereocenters. The Morgan fingerprint density at radius 2 is 1.29 bits per heavy atom. The van der Waals surface area contributed by atoms with E-state index in [1.165, 1.54) is 0 Å². The third kappa shape index (κ3) is 3.80. The van der Waals surface area contributed by atoms with Crippen LogP contribution in [0.25, 0.3) is 11.1 Å². The Labute approximate surface area is 128 Å². The molecule has 0 amide bonds. The molecule has 0 spiro atoms. The van der Waals surface area contributed by atoms with Gasteiger partial charge in [-0.05, 0) is 23.8 Å². The third-order valence-electron chi connectivity index (χ3n) is 2.96. The highest BCUT2D eigenvalue weighted by atomic mass is 19.4. The molecule has 24 heavy (non-hydrogen) atoms. The van der Waals surface area contributed by atoms with Gasteiger partial charge in [-0.3, -0.25) is 0 Å². The molecule has 0 N–H and O–H groups in total. The van der Waals surface area contributed by atoms with Crippen molar-refractivity contribution in [2.24, 2.45) is 0 Å². The van der Waals surface area contributed by atoms with Crippen LogP contribution in [0.1, 0.15) is 17.0 Å². The maximum atomic E-state index is 13.0. The van der Waals surface area contributed by atoms with Crippen molar-refractivity contribution in [3.05, 3.63) is 53.3 Å². The van der Waals surface area contributed by atoms with Crippen molar-refractivity contribution in [2.75, 3.05) is 0 Å². The maximum absolute atomic E-state index is 13.0. The minimum absolute atomic E-state index is 0.283. The van der Waals surface area contributed by atoms with E-state index < -0.39 is 46.6 Å². The molecule has 0 fully saturated rings. The van der Waals surface area contributed by atoms with Crippen LogP contribution in [-0.4, -0.2) is 4.98 Å². The second-order valence-corrected chi connectivity index (χ2v) is 4.67. The fourth-order valence-electron chi connectivity index (χ4n) is 1.93. The normalized spacial score (nSPS) is 13.2. The number of nitrogens with zero attached hydrogens (tertiary/aromatic N) is 1. The lowest BCUT2D eigenvalue weighted by molar-refractivity contribution is -0.149. The first kappa shape index (κ1) is 18.1. The Morgan fingerprint density at radius 3 is 1.79 bits per heavy atom. The fourth-order valence-corrected chi connectivity index (χ4v) is 1.93. The van der Waals surface area contributed by atoms with E-state index in [4.69, 9.17) is 0 Å². The molecule has 0 aliphatic rings. The Kier molecular flexibility index (Phi) is 4.28. The number of benzene rings is 1. The van der Waals surface area contributed by atoms with Crippen molar-refractivity contribution in [1.82, 2.24) is 4.98 Å². The van der Waals surface area contributed by atoms with Crippen LogP contribution in [0, 0.1) is 0 Å². The van der Waals surface area contributed by atoms with Crippen molar-refractivity contribution in [1.29, 1.82) is 0 Å². The summed E-state index contributed by atoms with van der Waals surface area (Å²) in [6, 6.07) is 3.57. The van der Waals surface area contributed by atoms with E-state index in [0.29, 0.717) is 18.2 Å². The van der Waals surface area contributed by atoms with E-state index in [2.05, 4.69) is 4.98 Å². The summed E-state index contributed by atoms with van der Waals surface area (Å²) in [4.78, 5) is 2.55. The van der Waals surface area contributed by atoms with Gasteiger partial charge in [-0.1, -0.05) is 18.2 Å². The molecule has 130 valence electrons.